The van der Waals surface area contributed by atoms with Crippen LogP contribution in [0, 0.1) is 5.41 Å². The molecule has 0 radical (unpaired) electrons. The maximum absolute atomic E-state index is 13.3. The van der Waals surface area contributed by atoms with Crippen molar-refractivity contribution in [3.63, 3.8) is 0 Å². The summed E-state index contributed by atoms with van der Waals surface area (Å²) in [7, 11) is 1.85. The van der Waals surface area contributed by atoms with Crippen molar-refractivity contribution in [2.24, 2.45) is 5.41 Å². The molecule has 3 aromatic rings. The number of hydrogen-bond acceptors (Lipinski definition) is 4. The van der Waals surface area contributed by atoms with E-state index in [9.17, 15) is 9.59 Å². The summed E-state index contributed by atoms with van der Waals surface area (Å²) < 4.78 is 6.18. The van der Waals surface area contributed by atoms with Crippen LogP contribution in [-0.4, -0.2) is 48.4 Å². The largest absolute Gasteiger partial charge is 0.493 e. The van der Waals surface area contributed by atoms with Crippen LogP contribution < -0.4 is 4.74 Å². The summed E-state index contributed by atoms with van der Waals surface area (Å²) in [5.41, 5.74) is 0.686. The minimum atomic E-state index is -0.415. The van der Waals surface area contributed by atoms with Crippen LogP contribution in [0.3, 0.4) is 0 Å². The van der Waals surface area contributed by atoms with Gasteiger partial charge in [0.25, 0.3) is 0 Å². The molecule has 1 aliphatic heterocycles. The van der Waals surface area contributed by atoms with Gasteiger partial charge >= 0.3 is 0 Å². The van der Waals surface area contributed by atoms with Crippen molar-refractivity contribution in [3.05, 3.63) is 88.6 Å². The fourth-order valence-corrected chi connectivity index (χ4v) is 5.26. The molecule has 0 aliphatic carbocycles. The molecule has 1 aliphatic rings. The smallest absolute Gasteiger partial charge is 0.227 e. The van der Waals surface area contributed by atoms with Gasteiger partial charge in [0.15, 0.2) is 0 Å². The molecule has 1 fully saturated rings. The summed E-state index contributed by atoms with van der Waals surface area (Å²) in [4.78, 5) is 31.2. The second-order valence-electron chi connectivity index (χ2n) is 9.19. The number of benzene rings is 2. The number of carbonyl (C=O) groups excluding carboxylic acids is 2. The second kappa shape index (κ2) is 11.3. The number of thiophene rings is 1. The maximum atomic E-state index is 13.3. The highest BCUT2D eigenvalue weighted by atomic mass is 32.1. The molecule has 2 heterocycles. The first kappa shape index (κ1) is 24.0. The van der Waals surface area contributed by atoms with Gasteiger partial charge < -0.3 is 14.5 Å². The van der Waals surface area contributed by atoms with Crippen LogP contribution >= 0.6 is 11.3 Å². The zero-order chi connectivity index (χ0) is 23.8. The Kier molecular flexibility index (Phi) is 8.01. The zero-order valence-electron chi connectivity index (χ0n) is 19.7. The van der Waals surface area contributed by atoms with Crippen molar-refractivity contribution in [2.45, 2.75) is 32.2 Å². The molecule has 1 atom stereocenters. The van der Waals surface area contributed by atoms with Crippen molar-refractivity contribution in [2.75, 3.05) is 26.7 Å². The topological polar surface area (TPSA) is 49.9 Å². The quantitative estimate of drug-likeness (QED) is 0.435. The normalized spacial score (nSPS) is 17.9. The van der Waals surface area contributed by atoms with Crippen molar-refractivity contribution in [1.82, 2.24) is 9.80 Å². The van der Waals surface area contributed by atoms with Crippen LogP contribution in [0.2, 0.25) is 0 Å². The molecule has 178 valence electrons. The van der Waals surface area contributed by atoms with Gasteiger partial charge in [-0.05, 0) is 42.0 Å². The molecule has 1 saturated heterocycles. The van der Waals surface area contributed by atoms with E-state index in [0.29, 0.717) is 32.5 Å². The van der Waals surface area contributed by atoms with Crippen LogP contribution in [0.15, 0.2) is 78.2 Å². The first-order valence-electron chi connectivity index (χ1n) is 11.8. The molecule has 0 unspecified atom stereocenters. The van der Waals surface area contributed by atoms with Gasteiger partial charge in [0.1, 0.15) is 5.75 Å². The maximum Gasteiger partial charge on any atom is 0.227 e. The first-order valence-corrected chi connectivity index (χ1v) is 12.7. The van der Waals surface area contributed by atoms with E-state index in [1.165, 1.54) is 0 Å². The molecule has 0 saturated carbocycles. The number of hydrogen-bond donors (Lipinski definition) is 0. The van der Waals surface area contributed by atoms with Gasteiger partial charge in [0.05, 0.1) is 13.0 Å². The minimum Gasteiger partial charge on any atom is -0.493 e. The molecule has 2 aromatic carbocycles. The lowest BCUT2D eigenvalue weighted by Crippen LogP contribution is -2.51. The number of carbonyl (C=O) groups is 2. The third kappa shape index (κ3) is 6.48. The molecular formula is C28H32N2O3S. The van der Waals surface area contributed by atoms with Crippen molar-refractivity contribution < 1.29 is 14.3 Å². The summed E-state index contributed by atoms with van der Waals surface area (Å²) in [6.07, 6.45) is 2.48. The van der Waals surface area contributed by atoms with Crippen LogP contribution in [0.25, 0.3) is 0 Å². The summed E-state index contributed by atoms with van der Waals surface area (Å²) in [5, 5.41) is 2.00. The molecule has 6 heteroatoms. The Labute approximate surface area is 206 Å². The Morgan fingerprint density at radius 3 is 2.47 bits per heavy atom. The number of ether oxygens (including phenoxy) is 1. The number of piperidine rings is 1. The molecule has 0 N–H and O–H groups in total. The van der Waals surface area contributed by atoms with Crippen LogP contribution in [-0.2, 0) is 22.6 Å². The summed E-state index contributed by atoms with van der Waals surface area (Å²) in [5.74, 6) is 0.985. The van der Waals surface area contributed by atoms with Crippen molar-refractivity contribution in [1.29, 1.82) is 0 Å². The van der Waals surface area contributed by atoms with Gasteiger partial charge in [-0.2, -0.15) is 0 Å². The summed E-state index contributed by atoms with van der Waals surface area (Å²) in [6.45, 7) is 2.24. The van der Waals surface area contributed by atoms with E-state index in [1.807, 2.05) is 90.1 Å². The van der Waals surface area contributed by atoms with E-state index in [0.717, 1.165) is 35.6 Å². The Bertz CT molecular complexity index is 1060. The Morgan fingerprint density at radius 2 is 1.76 bits per heavy atom. The molecule has 34 heavy (non-hydrogen) atoms. The zero-order valence-corrected chi connectivity index (χ0v) is 20.5. The molecule has 5 nitrogen and oxygen atoms in total. The monoisotopic (exact) mass is 476 g/mol. The molecule has 4 rings (SSSR count). The molecule has 0 bridgehead atoms. The van der Waals surface area contributed by atoms with Crippen LogP contribution in [0.5, 0.6) is 5.75 Å². The highest BCUT2D eigenvalue weighted by Crippen LogP contribution is 2.35. The second-order valence-corrected chi connectivity index (χ2v) is 10.2. The lowest BCUT2D eigenvalue weighted by atomic mass is 9.77. The number of para-hydroxylation sites is 1. The van der Waals surface area contributed by atoms with Gasteiger partial charge in [-0.3, -0.25) is 9.59 Å². The SMILES string of the molecule is CN(Cc1ccccc1)C(=O)C[C@@]1(COc2ccccc2)CCCN(C(=O)Cc2cccs2)C1. The predicted octanol–water partition coefficient (Wildman–Crippen LogP) is 5.03. The van der Waals surface area contributed by atoms with Gasteiger partial charge in [0, 0.05) is 43.4 Å². The van der Waals surface area contributed by atoms with Gasteiger partial charge in [-0.1, -0.05) is 54.6 Å². The predicted molar refractivity (Wildman–Crippen MR) is 136 cm³/mol. The van der Waals surface area contributed by atoms with E-state index in [1.54, 1.807) is 16.2 Å². The molecular weight excluding hydrogens is 444 g/mol. The summed E-state index contributed by atoms with van der Waals surface area (Å²) in [6, 6.07) is 23.7. The number of amides is 2. The van der Waals surface area contributed by atoms with Gasteiger partial charge in [0.2, 0.25) is 11.8 Å². The first-order chi connectivity index (χ1) is 16.5. The van der Waals surface area contributed by atoms with Crippen LogP contribution in [0.4, 0.5) is 0 Å². The molecule has 0 spiro atoms. The van der Waals surface area contributed by atoms with E-state index in [2.05, 4.69) is 0 Å². The van der Waals surface area contributed by atoms with E-state index < -0.39 is 5.41 Å². The van der Waals surface area contributed by atoms with Gasteiger partial charge in [-0.15, -0.1) is 11.3 Å². The third-order valence-electron chi connectivity index (χ3n) is 6.42. The van der Waals surface area contributed by atoms with Gasteiger partial charge in [-0.25, -0.2) is 0 Å². The lowest BCUT2D eigenvalue weighted by Gasteiger charge is -2.43. The fraction of sp³-hybridized carbons (Fsp3) is 0.357. The third-order valence-corrected chi connectivity index (χ3v) is 7.30. The Hall–Kier alpha value is -3.12. The number of likely N-dealkylation sites (tertiary alicyclic amines) is 1. The Balaban J connectivity index is 1.47. The lowest BCUT2D eigenvalue weighted by molar-refractivity contribution is -0.140. The molecule has 2 amide bonds. The standard InChI is InChI=1S/C28H32N2O3S/c1-29(20-23-10-4-2-5-11-23)27(32)19-28(22-33-24-12-6-3-7-13-24)15-9-16-30(21-28)26(31)18-25-14-8-17-34-25/h2-8,10-14,17H,9,15-16,18-22H2,1H3/t28-/m0/s1. The Morgan fingerprint density at radius 1 is 1.03 bits per heavy atom. The summed E-state index contributed by atoms with van der Waals surface area (Å²) >= 11 is 1.61. The van der Waals surface area contributed by atoms with E-state index in [-0.39, 0.29) is 11.8 Å². The number of rotatable bonds is 9. The number of nitrogens with zero attached hydrogens (tertiary/aromatic N) is 2. The average Bonchev–Trinajstić information content (AvgIpc) is 3.37. The van der Waals surface area contributed by atoms with Crippen molar-refractivity contribution >= 4 is 23.2 Å². The molecule has 1 aromatic heterocycles. The fourth-order valence-electron chi connectivity index (χ4n) is 4.56. The van der Waals surface area contributed by atoms with Crippen molar-refractivity contribution in [3.8, 4) is 5.75 Å². The minimum absolute atomic E-state index is 0.0769. The highest BCUT2D eigenvalue weighted by molar-refractivity contribution is 7.10. The average molecular weight is 477 g/mol. The highest BCUT2D eigenvalue weighted by Gasteiger charge is 2.40. The van der Waals surface area contributed by atoms with E-state index >= 15 is 0 Å². The van der Waals surface area contributed by atoms with E-state index in [4.69, 9.17) is 4.74 Å². The van der Waals surface area contributed by atoms with Crippen LogP contribution in [0.1, 0.15) is 29.7 Å².